The Morgan fingerprint density at radius 1 is 1.08 bits per heavy atom. The molecule has 0 amide bonds. The van der Waals surface area contributed by atoms with Gasteiger partial charge < -0.3 is 10.0 Å². The van der Waals surface area contributed by atoms with E-state index in [0.29, 0.717) is 0 Å². The number of aryl methyl sites for hydroxylation is 2. The van der Waals surface area contributed by atoms with Crippen molar-refractivity contribution in [3.8, 4) is 0 Å². The fourth-order valence-corrected chi connectivity index (χ4v) is 5.14. The molecule has 0 aliphatic carbocycles. The molecule has 4 heteroatoms. The van der Waals surface area contributed by atoms with Crippen molar-refractivity contribution in [1.29, 1.82) is 0 Å². The normalized spacial score (nSPS) is 26.1. The van der Waals surface area contributed by atoms with Crippen molar-refractivity contribution in [1.82, 2.24) is 4.90 Å². The van der Waals surface area contributed by atoms with Crippen LogP contribution in [0, 0.1) is 13.8 Å². The molecule has 1 fully saturated rings. The summed E-state index contributed by atoms with van der Waals surface area (Å²) in [5.74, 6) is 0. The Labute approximate surface area is 153 Å². The van der Waals surface area contributed by atoms with Gasteiger partial charge in [-0.25, -0.2) is 0 Å². The number of aliphatic hydroxyl groups is 1. The molecule has 3 nitrogen and oxygen atoms in total. The Hall–Kier alpha value is -1.78. The topological polar surface area (TPSA) is 35.8 Å². The number of amidine groups is 1. The minimum Gasteiger partial charge on any atom is -0.365 e. The maximum atomic E-state index is 12.0. The summed E-state index contributed by atoms with van der Waals surface area (Å²) < 4.78 is 0. The zero-order valence-corrected chi connectivity index (χ0v) is 15.6. The van der Waals surface area contributed by atoms with Crippen LogP contribution in [0.5, 0.6) is 0 Å². The van der Waals surface area contributed by atoms with Gasteiger partial charge in [0.1, 0.15) is 0 Å². The highest BCUT2D eigenvalue weighted by molar-refractivity contribution is 8.14. The van der Waals surface area contributed by atoms with E-state index in [-0.39, 0.29) is 5.25 Å². The molecule has 0 bridgehead atoms. The zero-order chi connectivity index (χ0) is 17.4. The molecule has 130 valence electrons. The van der Waals surface area contributed by atoms with Crippen LogP contribution in [0.1, 0.15) is 40.3 Å². The van der Waals surface area contributed by atoms with Crippen LogP contribution in [0.2, 0.25) is 0 Å². The zero-order valence-electron chi connectivity index (χ0n) is 14.8. The van der Waals surface area contributed by atoms with Crippen LogP contribution >= 0.6 is 11.8 Å². The number of aliphatic imine (C=N–C) groups is 1. The van der Waals surface area contributed by atoms with E-state index in [9.17, 15) is 5.11 Å². The van der Waals surface area contributed by atoms with E-state index >= 15 is 0 Å². The lowest BCUT2D eigenvalue weighted by Gasteiger charge is -2.38. The molecular formula is C21H24N2OS. The summed E-state index contributed by atoms with van der Waals surface area (Å²) >= 11 is 1.70. The minimum absolute atomic E-state index is 0.0762. The molecule has 0 saturated carbocycles. The van der Waals surface area contributed by atoms with Crippen molar-refractivity contribution >= 4 is 16.9 Å². The maximum Gasteiger partial charge on any atom is 0.182 e. The van der Waals surface area contributed by atoms with Gasteiger partial charge in [-0.2, -0.15) is 0 Å². The fourth-order valence-electron chi connectivity index (χ4n) is 3.69. The van der Waals surface area contributed by atoms with Crippen molar-refractivity contribution in [2.75, 3.05) is 13.1 Å². The van der Waals surface area contributed by atoms with Crippen LogP contribution in [0.25, 0.3) is 0 Å². The van der Waals surface area contributed by atoms with E-state index < -0.39 is 5.72 Å². The van der Waals surface area contributed by atoms with Gasteiger partial charge in [-0.1, -0.05) is 60.3 Å². The van der Waals surface area contributed by atoms with Crippen LogP contribution in [-0.2, 0) is 5.72 Å². The summed E-state index contributed by atoms with van der Waals surface area (Å²) in [7, 11) is 0. The highest BCUT2D eigenvalue weighted by Crippen LogP contribution is 2.54. The van der Waals surface area contributed by atoms with Gasteiger partial charge >= 0.3 is 0 Å². The van der Waals surface area contributed by atoms with E-state index in [1.165, 1.54) is 11.1 Å². The molecular weight excluding hydrogens is 328 g/mol. The van der Waals surface area contributed by atoms with Gasteiger partial charge in [-0.05, 0) is 43.4 Å². The van der Waals surface area contributed by atoms with Gasteiger partial charge in [0.15, 0.2) is 10.9 Å². The second-order valence-electron chi connectivity index (χ2n) is 6.96. The Balaban J connectivity index is 1.87. The first kappa shape index (κ1) is 16.7. The van der Waals surface area contributed by atoms with Gasteiger partial charge in [0.25, 0.3) is 0 Å². The van der Waals surface area contributed by atoms with E-state index in [1.54, 1.807) is 11.8 Å². The Bertz CT molecular complexity index is 805. The fraction of sp³-hybridized carbons (Fsp3) is 0.381. The molecule has 2 heterocycles. The summed E-state index contributed by atoms with van der Waals surface area (Å²) in [6.07, 6.45) is 2.14. The number of hydrogen-bond donors (Lipinski definition) is 1. The Morgan fingerprint density at radius 2 is 1.88 bits per heavy atom. The third-order valence-corrected chi connectivity index (χ3v) is 6.70. The lowest BCUT2D eigenvalue weighted by molar-refractivity contribution is -0.0712. The number of rotatable bonds is 2. The van der Waals surface area contributed by atoms with Gasteiger partial charge in [0, 0.05) is 18.7 Å². The molecule has 2 atom stereocenters. The van der Waals surface area contributed by atoms with Crippen LogP contribution in [0.15, 0.2) is 53.5 Å². The van der Waals surface area contributed by atoms with Crippen molar-refractivity contribution in [3.05, 3.63) is 70.8 Å². The lowest BCUT2D eigenvalue weighted by Crippen LogP contribution is -2.46. The van der Waals surface area contributed by atoms with Gasteiger partial charge in [-0.15, -0.1) is 0 Å². The van der Waals surface area contributed by atoms with Crippen LogP contribution in [-0.4, -0.2) is 28.3 Å². The third kappa shape index (κ3) is 2.77. The first-order valence-corrected chi connectivity index (χ1v) is 9.82. The predicted octanol–water partition coefficient (Wildman–Crippen LogP) is 4.39. The number of hydrogen-bond acceptors (Lipinski definition) is 4. The highest BCUT2D eigenvalue weighted by atomic mass is 32.2. The predicted molar refractivity (Wildman–Crippen MR) is 105 cm³/mol. The second kappa shape index (κ2) is 6.50. The number of benzene rings is 2. The number of nitrogens with zero attached hydrogens (tertiary/aromatic N) is 2. The standard InChI is InChI=1S/C21H24N2OS/c1-15-10-11-18(14-16(15)2)21(24)19(17-8-4-3-5-9-17)25-20-22-12-6-7-13-23(20)21/h3-5,8-11,14,19,24H,6-7,12-13H2,1-2H3. The Kier molecular flexibility index (Phi) is 4.34. The average Bonchev–Trinajstić information content (AvgIpc) is 2.77. The molecule has 2 aliphatic heterocycles. The van der Waals surface area contributed by atoms with Crippen molar-refractivity contribution in [3.63, 3.8) is 0 Å². The largest absolute Gasteiger partial charge is 0.365 e. The SMILES string of the molecule is Cc1ccc(C2(O)C(c3ccccc3)SC3=NCCCCN32)cc1C. The molecule has 4 rings (SSSR count). The molecule has 25 heavy (non-hydrogen) atoms. The van der Waals surface area contributed by atoms with E-state index in [0.717, 1.165) is 42.2 Å². The molecule has 1 saturated heterocycles. The second-order valence-corrected chi connectivity index (χ2v) is 8.03. The molecule has 0 radical (unpaired) electrons. The molecule has 2 aromatic rings. The molecule has 2 aromatic carbocycles. The number of fused-ring (bicyclic) bond motifs is 1. The summed E-state index contributed by atoms with van der Waals surface area (Å²) in [5, 5.41) is 12.9. The average molecular weight is 353 g/mol. The van der Waals surface area contributed by atoms with E-state index in [2.05, 4.69) is 49.1 Å². The minimum atomic E-state index is -1.06. The quantitative estimate of drug-likeness (QED) is 0.871. The number of thioether (sulfide) groups is 1. The first-order chi connectivity index (χ1) is 12.1. The highest BCUT2D eigenvalue weighted by Gasteiger charge is 2.53. The lowest BCUT2D eigenvalue weighted by atomic mass is 9.90. The maximum absolute atomic E-state index is 12.0. The van der Waals surface area contributed by atoms with Gasteiger partial charge in [0.2, 0.25) is 0 Å². The summed E-state index contributed by atoms with van der Waals surface area (Å²) in [6.45, 7) is 5.92. The molecule has 2 aliphatic rings. The van der Waals surface area contributed by atoms with Crippen molar-refractivity contribution in [2.45, 2.75) is 37.7 Å². The summed E-state index contributed by atoms with van der Waals surface area (Å²) in [5.41, 5.74) is 3.50. The van der Waals surface area contributed by atoms with Crippen molar-refractivity contribution < 1.29 is 5.11 Å². The monoisotopic (exact) mass is 352 g/mol. The summed E-state index contributed by atoms with van der Waals surface area (Å²) in [6, 6.07) is 16.7. The van der Waals surface area contributed by atoms with E-state index in [1.807, 2.05) is 18.2 Å². The van der Waals surface area contributed by atoms with Gasteiger partial charge in [-0.3, -0.25) is 4.99 Å². The Morgan fingerprint density at radius 3 is 2.64 bits per heavy atom. The van der Waals surface area contributed by atoms with E-state index in [4.69, 9.17) is 4.99 Å². The smallest absolute Gasteiger partial charge is 0.182 e. The third-order valence-electron chi connectivity index (χ3n) is 5.30. The molecule has 2 unspecified atom stereocenters. The summed E-state index contributed by atoms with van der Waals surface area (Å²) in [4.78, 5) is 6.90. The van der Waals surface area contributed by atoms with Crippen molar-refractivity contribution in [2.24, 2.45) is 4.99 Å². The first-order valence-electron chi connectivity index (χ1n) is 8.94. The van der Waals surface area contributed by atoms with Crippen LogP contribution in [0.4, 0.5) is 0 Å². The van der Waals surface area contributed by atoms with Gasteiger partial charge in [0.05, 0.1) is 5.25 Å². The molecule has 1 N–H and O–H groups in total. The van der Waals surface area contributed by atoms with Crippen LogP contribution in [0.3, 0.4) is 0 Å². The van der Waals surface area contributed by atoms with Crippen LogP contribution < -0.4 is 0 Å². The molecule has 0 aromatic heterocycles. The molecule has 0 spiro atoms.